The third-order valence-electron chi connectivity index (χ3n) is 8.50. The van der Waals surface area contributed by atoms with Crippen LogP contribution < -0.4 is 0 Å². The van der Waals surface area contributed by atoms with Gasteiger partial charge in [0.1, 0.15) is 0 Å². The summed E-state index contributed by atoms with van der Waals surface area (Å²) in [7, 11) is 0. The molecule has 0 saturated carbocycles. The topological polar surface area (TPSA) is 27.7 Å². The van der Waals surface area contributed by atoms with Crippen LogP contribution in [0.5, 0.6) is 0 Å². The Kier molecular flexibility index (Phi) is 6.15. The van der Waals surface area contributed by atoms with E-state index < -0.39 is 0 Å². The molecule has 8 rings (SSSR count). The van der Waals surface area contributed by atoms with Crippen molar-refractivity contribution in [2.45, 2.75) is 13.2 Å². The summed E-state index contributed by atoms with van der Waals surface area (Å²) in [6.07, 6.45) is 0. The zero-order valence-electron chi connectivity index (χ0n) is 22.9. The Morgan fingerprint density at radius 3 is 1.10 bits per heavy atom. The van der Waals surface area contributed by atoms with E-state index in [1.807, 2.05) is 0 Å². The molecule has 3 nitrogen and oxygen atoms in total. The second-order valence-electron chi connectivity index (χ2n) is 10.9. The maximum absolute atomic E-state index is 6.02. The first-order valence-corrected chi connectivity index (χ1v) is 14.4. The minimum atomic E-state index is 0.550. The maximum Gasteiger partial charge on any atom is 0.0724 e. The van der Waals surface area contributed by atoms with Gasteiger partial charge in [-0.2, -0.15) is 0 Å². The number of rotatable bonds is 10. The fraction of sp³-hybridized carbons (Fsp3) is 0.158. The van der Waals surface area contributed by atoms with Gasteiger partial charge >= 0.3 is 0 Å². The van der Waals surface area contributed by atoms with Crippen LogP contribution in [-0.2, 0) is 27.4 Å². The van der Waals surface area contributed by atoms with Crippen molar-refractivity contribution in [3.63, 3.8) is 0 Å². The van der Waals surface area contributed by atoms with E-state index in [2.05, 4.69) is 109 Å². The summed E-state index contributed by atoms with van der Waals surface area (Å²) in [6.45, 7) is 3.35. The third-order valence-corrected chi connectivity index (χ3v) is 8.50. The Bertz CT molecular complexity index is 1960. The molecule has 0 N–H and O–H groups in total. The molecule has 0 spiro atoms. The number of benzene rings is 8. The monoisotopic (exact) mass is 534 g/mol. The van der Waals surface area contributed by atoms with Crippen molar-refractivity contribution in [3.05, 3.63) is 120 Å². The standard InChI is InChI=1S/C38H30O3/c1-3-25-7-9-29-11-13-31(33-17-15-27(5-1)35(25)37(29)33)23-40-21-19-39-20-22-41-24-32-14-12-30-10-8-26-4-2-6-28-16-18-34(32)38(30)36(26)28/h1-18H,19-24H2. The second-order valence-corrected chi connectivity index (χ2v) is 10.9. The predicted octanol–water partition coefficient (Wildman–Crippen LogP) is 9.23. The predicted molar refractivity (Wildman–Crippen MR) is 170 cm³/mol. The summed E-state index contributed by atoms with van der Waals surface area (Å²) in [5, 5.41) is 15.6. The molecule has 0 heterocycles. The molecule has 0 aromatic heterocycles. The molecule has 0 atom stereocenters. The van der Waals surface area contributed by atoms with E-state index in [0.717, 1.165) is 0 Å². The van der Waals surface area contributed by atoms with Crippen LogP contribution in [0.15, 0.2) is 109 Å². The Morgan fingerprint density at radius 2 is 0.659 bits per heavy atom. The number of ether oxygens (including phenoxy) is 3. The lowest BCUT2D eigenvalue weighted by Crippen LogP contribution is -2.09. The molecule has 0 aliphatic heterocycles. The first-order chi connectivity index (χ1) is 20.3. The van der Waals surface area contributed by atoms with Gasteiger partial charge in [-0.1, -0.05) is 109 Å². The van der Waals surface area contributed by atoms with Gasteiger partial charge in [0.05, 0.1) is 39.6 Å². The first-order valence-electron chi connectivity index (χ1n) is 14.4. The lowest BCUT2D eigenvalue weighted by Gasteiger charge is -2.14. The van der Waals surface area contributed by atoms with E-state index in [9.17, 15) is 0 Å². The highest BCUT2D eigenvalue weighted by Crippen LogP contribution is 2.37. The molecule has 41 heavy (non-hydrogen) atoms. The van der Waals surface area contributed by atoms with Crippen LogP contribution in [-0.4, -0.2) is 26.4 Å². The van der Waals surface area contributed by atoms with Crippen LogP contribution in [0, 0.1) is 0 Å². The minimum Gasteiger partial charge on any atom is -0.377 e. The molecule has 0 amide bonds. The van der Waals surface area contributed by atoms with Gasteiger partial charge in [-0.15, -0.1) is 0 Å². The van der Waals surface area contributed by atoms with Crippen molar-refractivity contribution >= 4 is 64.6 Å². The van der Waals surface area contributed by atoms with Crippen molar-refractivity contribution < 1.29 is 14.2 Å². The molecule has 8 aromatic rings. The summed E-state index contributed by atoms with van der Waals surface area (Å²) in [6, 6.07) is 39.6. The zero-order valence-corrected chi connectivity index (χ0v) is 22.9. The molecule has 8 aromatic carbocycles. The van der Waals surface area contributed by atoms with Crippen molar-refractivity contribution in [1.82, 2.24) is 0 Å². The van der Waals surface area contributed by atoms with Crippen molar-refractivity contribution in [2.24, 2.45) is 0 Å². The summed E-state index contributed by atoms with van der Waals surface area (Å²) in [5.74, 6) is 0. The van der Waals surface area contributed by atoms with E-state index in [-0.39, 0.29) is 0 Å². The Balaban J connectivity index is 0.849. The van der Waals surface area contributed by atoms with Gasteiger partial charge in [0, 0.05) is 0 Å². The van der Waals surface area contributed by atoms with Crippen LogP contribution in [0.3, 0.4) is 0 Å². The van der Waals surface area contributed by atoms with Crippen molar-refractivity contribution in [3.8, 4) is 0 Å². The fourth-order valence-corrected chi connectivity index (χ4v) is 6.55. The van der Waals surface area contributed by atoms with Crippen LogP contribution >= 0.6 is 0 Å². The van der Waals surface area contributed by atoms with Gasteiger partial charge in [0.15, 0.2) is 0 Å². The van der Waals surface area contributed by atoms with Crippen LogP contribution in [0.2, 0.25) is 0 Å². The lowest BCUT2D eigenvalue weighted by molar-refractivity contribution is 0.00739. The quantitative estimate of drug-likeness (QED) is 0.129. The van der Waals surface area contributed by atoms with E-state index in [4.69, 9.17) is 14.2 Å². The SMILES string of the molecule is c1cc2ccc3ccc(COCCOCCOCc4ccc5ccc6cccc7ccc4c5c67)c4ccc(c1)c2c34. The summed E-state index contributed by atoms with van der Waals surface area (Å²) >= 11 is 0. The first kappa shape index (κ1) is 24.5. The summed E-state index contributed by atoms with van der Waals surface area (Å²) in [5.41, 5.74) is 2.43. The third kappa shape index (κ3) is 4.25. The Labute approximate surface area is 238 Å². The molecule has 0 bridgehead atoms. The number of hydrogen-bond acceptors (Lipinski definition) is 3. The average molecular weight is 535 g/mol. The molecule has 3 heteroatoms. The molecular formula is C38H30O3. The second kappa shape index (κ2) is 10.3. The zero-order chi connectivity index (χ0) is 27.2. The molecular weight excluding hydrogens is 504 g/mol. The molecule has 0 saturated heterocycles. The lowest BCUT2D eigenvalue weighted by atomic mass is 9.92. The van der Waals surface area contributed by atoms with Gasteiger partial charge in [-0.25, -0.2) is 0 Å². The Morgan fingerprint density at radius 1 is 0.317 bits per heavy atom. The summed E-state index contributed by atoms with van der Waals surface area (Å²) < 4.78 is 17.9. The highest BCUT2D eigenvalue weighted by atomic mass is 16.5. The van der Waals surface area contributed by atoms with Gasteiger partial charge in [-0.05, 0) is 75.8 Å². The van der Waals surface area contributed by atoms with Gasteiger partial charge < -0.3 is 14.2 Å². The largest absolute Gasteiger partial charge is 0.377 e. The molecule has 200 valence electrons. The minimum absolute atomic E-state index is 0.550. The molecule has 0 radical (unpaired) electrons. The fourth-order valence-electron chi connectivity index (χ4n) is 6.55. The Hall–Kier alpha value is -4.28. The normalized spacial score (nSPS) is 12.3. The maximum atomic E-state index is 6.02. The average Bonchev–Trinajstić information content (AvgIpc) is 3.02. The molecule has 0 aliphatic rings. The van der Waals surface area contributed by atoms with Crippen LogP contribution in [0.1, 0.15) is 11.1 Å². The van der Waals surface area contributed by atoms with Crippen molar-refractivity contribution in [1.29, 1.82) is 0 Å². The molecule has 0 fully saturated rings. The smallest absolute Gasteiger partial charge is 0.0724 e. The molecule has 0 aliphatic carbocycles. The van der Waals surface area contributed by atoms with E-state index >= 15 is 0 Å². The van der Waals surface area contributed by atoms with Crippen molar-refractivity contribution in [2.75, 3.05) is 26.4 Å². The van der Waals surface area contributed by atoms with Crippen LogP contribution in [0.25, 0.3) is 64.6 Å². The van der Waals surface area contributed by atoms with E-state index in [1.54, 1.807) is 0 Å². The van der Waals surface area contributed by atoms with Gasteiger partial charge in [0.2, 0.25) is 0 Å². The summed E-state index contributed by atoms with van der Waals surface area (Å²) in [4.78, 5) is 0. The highest BCUT2D eigenvalue weighted by molar-refractivity contribution is 6.24. The van der Waals surface area contributed by atoms with E-state index in [0.29, 0.717) is 39.6 Å². The van der Waals surface area contributed by atoms with Crippen LogP contribution in [0.4, 0.5) is 0 Å². The number of hydrogen-bond donors (Lipinski definition) is 0. The van der Waals surface area contributed by atoms with Gasteiger partial charge in [0.25, 0.3) is 0 Å². The molecule has 0 unspecified atom stereocenters. The van der Waals surface area contributed by atoms with E-state index in [1.165, 1.54) is 75.8 Å². The van der Waals surface area contributed by atoms with Gasteiger partial charge in [-0.3, -0.25) is 0 Å². The highest BCUT2D eigenvalue weighted by Gasteiger charge is 2.12.